The van der Waals surface area contributed by atoms with Crippen LogP contribution in [0.25, 0.3) is 0 Å². The minimum absolute atomic E-state index is 0.502. The summed E-state index contributed by atoms with van der Waals surface area (Å²) >= 11 is 0. The van der Waals surface area contributed by atoms with Crippen LogP contribution >= 0.6 is 0 Å². The predicted octanol–water partition coefficient (Wildman–Crippen LogP) is 3.07. The van der Waals surface area contributed by atoms with Crippen molar-refractivity contribution in [1.29, 1.82) is 0 Å². The highest BCUT2D eigenvalue weighted by molar-refractivity contribution is 5.47. The number of rotatable bonds is 6. The van der Waals surface area contributed by atoms with Crippen molar-refractivity contribution in [2.75, 3.05) is 25.6 Å². The Morgan fingerprint density at radius 3 is 3.18 bits per heavy atom. The average Bonchev–Trinajstić information content (AvgIpc) is 2.88. The van der Waals surface area contributed by atoms with Crippen LogP contribution in [0.4, 0.5) is 5.69 Å². The van der Waals surface area contributed by atoms with Gasteiger partial charge in [0, 0.05) is 24.9 Å². The van der Waals surface area contributed by atoms with E-state index in [0.717, 1.165) is 37.4 Å². The summed E-state index contributed by atoms with van der Waals surface area (Å²) in [5.74, 6) is 0.897. The number of hydrogen-bond acceptors (Lipinski definition) is 3. The largest absolute Gasteiger partial charge is 0.497 e. The fourth-order valence-electron chi connectivity index (χ4n) is 2.17. The second-order valence-electron chi connectivity index (χ2n) is 4.44. The van der Waals surface area contributed by atoms with Crippen LogP contribution in [0.3, 0.4) is 0 Å². The van der Waals surface area contributed by atoms with E-state index in [-0.39, 0.29) is 0 Å². The number of ether oxygens (including phenoxy) is 2. The predicted molar refractivity (Wildman–Crippen MR) is 69.7 cm³/mol. The van der Waals surface area contributed by atoms with Crippen LogP contribution in [-0.2, 0) is 4.74 Å². The minimum Gasteiger partial charge on any atom is -0.497 e. The van der Waals surface area contributed by atoms with Gasteiger partial charge in [-0.3, -0.25) is 0 Å². The third-order valence-electron chi connectivity index (χ3n) is 3.13. The van der Waals surface area contributed by atoms with Gasteiger partial charge in [0.05, 0.1) is 13.2 Å². The number of anilines is 1. The molecule has 1 fully saturated rings. The van der Waals surface area contributed by atoms with Crippen LogP contribution in [0.15, 0.2) is 24.3 Å². The van der Waals surface area contributed by atoms with Gasteiger partial charge in [0.15, 0.2) is 0 Å². The summed E-state index contributed by atoms with van der Waals surface area (Å²) in [5.41, 5.74) is 1.12. The van der Waals surface area contributed by atoms with Crippen LogP contribution in [-0.4, -0.2) is 26.4 Å². The second kappa shape index (κ2) is 6.50. The Balaban J connectivity index is 1.66. The maximum absolute atomic E-state index is 5.59. The van der Waals surface area contributed by atoms with Gasteiger partial charge in [-0.2, -0.15) is 0 Å². The Hall–Kier alpha value is -1.22. The molecule has 0 aromatic heterocycles. The molecule has 1 unspecified atom stereocenters. The molecule has 0 radical (unpaired) electrons. The maximum atomic E-state index is 5.59. The molecule has 94 valence electrons. The monoisotopic (exact) mass is 235 g/mol. The first-order valence-electron chi connectivity index (χ1n) is 6.38. The van der Waals surface area contributed by atoms with Crippen molar-refractivity contribution >= 4 is 5.69 Å². The Bertz CT molecular complexity index is 335. The molecule has 17 heavy (non-hydrogen) atoms. The van der Waals surface area contributed by atoms with Crippen molar-refractivity contribution in [3.8, 4) is 5.75 Å². The molecule has 1 aromatic carbocycles. The molecule has 1 aliphatic heterocycles. The van der Waals surface area contributed by atoms with Crippen molar-refractivity contribution < 1.29 is 9.47 Å². The number of nitrogens with one attached hydrogen (secondary N) is 1. The molecule has 3 nitrogen and oxygen atoms in total. The highest BCUT2D eigenvalue weighted by Gasteiger charge is 2.14. The molecule has 1 saturated heterocycles. The lowest BCUT2D eigenvalue weighted by Gasteiger charge is -2.10. The molecule has 0 saturated carbocycles. The summed E-state index contributed by atoms with van der Waals surface area (Å²) in [6, 6.07) is 8.04. The summed E-state index contributed by atoms with van der Waals surface area (Å²) in [7, 11) is 1.69. The molecule has 1 heterocycles. The van der Waals surface area contributed by atoms with E-state index >= 15 is 0 Å². The van der Waals surface area contributed by atoms with Crippen LogP contribution in [0.5, 0.6) is 5.75 Å². The zero-order valence-corrected chi connectivity index (χ0v) is 10.4. The lowest BCUT2D eigenvalue weighted by Crippen LogP contribution is -2.09. The highest BCUT2D eigenvalue weighted by atomic mass is 16.5. The van der Waals surface area contributed by atoms with Crippen molar-refractivity contribution in [1.82, 2.24) is 0 Å². The fourth-order valence-corrected chi connectivity index (χ4v) is 2.17. The molecular weight excluding hydrogens is 214 g/mol. The first kappa shape index (κ1) is 12.2. The number of methoxy groups -OCH3 is 1. The summed E-state index contributed by atoms with van der Waals surface area (Å²) in [6.07, 6.45) is 5.29. The number of hydrogen-bond donors (Lipinski definition) is 1. The molecule has 0 amide bonds. The van der Waals surface area contributed by atoms with Gasteiger partial charge in [-0.25, -0.2) is 0 Å². The number of benzene rings is 1. The third-order valence-corrected chi connectivity index (χ3v) is 3.13. The topological polar surface area (TPSA) is 30.5 Å². The van der Waals surface area contributed by atoms with Crippen molar-refractivity contribution in [2.45, 2.75) is 31.8 Å². The molecule has 1 aromatic rings. The Labute approximate surface area is 103 Å². The van der Waals surface area contributed by atoms with Gasteiger partial charge in [-0.1, -0.05) is 6.07 Å². The molecule has 1 atom stereocenters. The van der Waals surface area contributed by atoms with E-state index in [4.69, 9.17) is 9.47 Å². The molecule has 0 aliphatic carbocycles. The van der Waals surface area contributed by atoms with Gasteiger partial charge < -0.3 is 14.8 Å². The van der Waals surface area contributed by atoms with E-state index in [9.17, 15) is 0 Å². The molecule has 0 spiro atoms. The van der Waals surface area contributed by atoms with Crippen molar-refractivity contribution in [3.05, 3.63) is 24.3 Å². The minimum atomic E-state index is 0.502. The first-order chi connectivity index (χ1) is 8.38. The van der Waals surface area contributed by atoms with Crippen molar-refractivity contribution in [3.63, 3.8) is 0 Å². The lowest BCUT2D eigenvalue weighted by molar-refractivity contribution is 0.103. The van der Waals surface area contributed by atoms with E-state index in [0.29, 0.717) is 6.10 Å². The Morgan fingerprint density at radius 1 is 1.47 bits per heavy atom. The Kier molecular flexibility index (Phi) is 4.68. The molecular formula is C14H21NO2. The van der Waals surface area contributed by atoms with Crippen molar-refractivity contribution in [2.24, 2.45) is 0 Å². The standard InChI is InChI=1S/C14H21NO2/c1-16-14-6-2-5-12(11-14)15-9-3-7-13-8-4-10-17-13/h2,5-6,11,13,15H,3-4,7-10H2,1H3. The molecule has 1 aliphatic rings. The summed E-state index contributed by atoms with van der Waals surface area (Å²) in [4.78, 5) is 0. The molecule has 3 heteroatoms. The van der Waals surface area contributed by atoms with Gasteiger partial charge in [0.2, 0.25) is 0 Å². The van der Waals surface area contributed by atoms with E-state index in [1.54, 1.807) is 7.11 Å². The molecule has 1 N–H and O–H groups in total. The fraction of sp³-hybridized carbons (Fsp3) is 0.571. The molecule has 2 rings (SSSR count). The van der Waals surface area contributed by atoms with Crippen LogP contribution in [0.2, 0.25) is 0 Å². The molecule has 0 bridgehead atoms. The summed E-state index contributed by atoms with van der Waals surface area (Å²) < 4.78 is 10.8. The zero-order valence-electron chi connectivity index (χ0n) is 10.4. The van der Waals surface area contributed by atoms with Crippen LogP contribution in [0.1, 0.15) is 25.7 Å². The first-order valence-corrected chi connectivity index (χ1v) is 6.38. The normalized spacial score (nSPS) is 19.2. The van der Waals surface area contributed by atoms with Gasteiger partial charge in [-0.05, 0) is 37.8 Å². The van der Waals surface area contributed by atoms with Crippen LogP contribution < -0.4 is 10.1 Å². The third kappa shape index (κ3) is 3.93. The maximum Gasteiger partial charge on any atom is 0.120 e. The summed E-state index contributed by atoms with van der Waals surface area (Å²) in [5, 5.41) is 3.41. The van der Waals surface area contributed by atoms with E-state index < -0.39 is 0 Å². The lowest BCUT2D eigenvalue weighted by atomic mass is 10.1. The SMILES string of the molecule is COc1cccc(NCCCC2CCCO2)c1. The van der Waals surface area contributed by atoms with Gasteiger partial charge in [0.1, 0.15) is 5.75 Å². The van der Waals surface area contributed by atoms with E-state index in [1.807, 2.05) is 18.2 Å². The van der Waals surface area contributed by atoms with Gasteiger partial charge in [-0.15, -0.1) is 0 Å². The van der Waals surface area contributed by atoms with E-state index in [1.165, 1.54) is 12.8 Å². The van der Waals surface area contributed by atoms with E-state index in [2.05, 4.69) is 11.4 Å². The van der Waals surface area contributed by atoms with Gasteiger partial charge in [0.25, 0.3) is 0 Å². The highest BCUT2D eigenvalue weighted by Crippen LogP contribution is 2.18. The second-order valence-corrected chi connectivity index (χ2v) is 4.44. The van der Waals surface area contributed by atoms with Crippen LogP contribution in [0, 0.1) is 0 Å². The Morgan fingerprint density at radius 2 is 2.41 bits per heavy atom. The smallest absolute Gasteiger partial charge is 0.120 e. The summed E-state index contributed by atoms with van der Waals surface area (Å²) in [6.45, 7) is 1.95. The quantitative estimate of drug-likeness (QED) is 0.769. The average molecular weight is 235 g/mol. The zero-order chi connectivity index (χ0) is 11.9. The van der Waals surface area contributed by atoms with Gasteiger partial charge >= 0.3 is 0 Å².